The van der Waals surface area contributed by atoms with Gasteiger partial charge in [-0.25, -0.2) is 0 Å². The third kappa shape index (κ3) is 5.01. The Labute approximate surface area is 347 Å². The number of hydrogen-bond acceptors (Lipinski definition) is 2. The van der Waals surface area contributed by atoms with Crippen molar-refractivity contribution in [2.75, 3.05) is 0 Å². The van der Waals surface area contributed by atoms with Crippen LogP contribution in [0.5, 0.6) is 5.75 Å². The minimum absolute atomic E-state index is 0.0228. The van der Waals surface area contributed by atoms with Gasteiger partial charge in [-0.1, -0.05) is 158 Å². The summed E-state index contributed by atoms with van der Waals surface area (Å²) >= 11 is 0. The SMILES string of the molecule is C1=CC2Oc3ccc(-c4cccc(-c5c6ccccc6c(-c6cccc(-c7ccc8oc9ccc%10ccccc%10c9c8c7)c6)c6ccccc56)c4)cc3C2c2ccccc21. The van der Waals surface area contributed by atoms with E-state index in [9.17, 15) is 0 Å². The number of furan rings is 1. The van der Waals surface area contributed by atoms with E-state index in [4.69, 9.17) is 9.15 Å². The maximum atomic E-state index is 6.48. The van der Waals surface area contributed by atoms with Crippen LogP contribution >= 0.6 is 0 Å². The number of benzene rings is 10. The molecule has 2 atom stereocenters. The van der Waals surface area contributed by atoms with Gasteiger partial charge in [-0.15, -0.1) is 0 Å². The second-order valence-electron chi connectivity index (χ2n) is 16.3. The minimum atomic E-state index is 0.0228. The summed E-state index contributed by atoms with van der Waals surface area (Å²) < 4.78 is 12.8. The number of fused-ring (bicyclic) bond motifs is 12. The van der Waals surface area contributed by atoms with Gasteiger partial charge in [-0.2, -0.15) is 0 Å². The maximum Gasteiger partial charge on any atom is 0.136 e. The molecule has 1 aromatic heterocycles. The standard InChI is InChI=1S/C58H36O2/c1-3-17-43-35(11-1)23-29-53-57(43)49-33-39(25-27-51(49)59-53)37-13-9-15-41(31-37)55-45-19-5-7-21-47(45)56(48-22-8-6-20-46(48)55)42-16-10-14-38(32-42)40-26-28-52-50(34-40)58-44-18-4-2-12-36(44)24-30-54(58)60-52/h1-34,53,57H. The Hall–Kier alpha value is -7.68. The Kier molecular flexibility index (Phi) is 7.17. The minimum Gasteiger partial charge on any atom is -0.485 e. The van der Waals surface area contributed by atoms with Crippen LogP contribution in [0.4, 0.5) is 0 Å². The quantitative estimate of drug-likeness (QED) is 0.167. The summed E-state index contributed by atoms with van der Waals surface area (Å²) in [4.78, 5) is 0. The van der Waals surface area contributed by atoms with Gasteiger partial charge in [-0.05, 0) is 136 Å². The highest BCUT2D eigenvalue weighted by atomic mass is 16.5. The molecule has 0 spiro atoms. The van der Waals surface area contributed by atoms with Crippen LogP contribution in [0.15, 0.2) is 205 Å². The average Bonchev–Trinajstić information content (AvgIpc) is 3.89. The summed E-state index contributed by atoms with van der Waals surface area (Å²) in [5, 5.41) is 9.69. The Balaban J connectivity index is 0.942. The smallest absolute Gasteiger partial charge is 0.136 e. The third-order valence-corrected chi connectivity index (χ3v) is 13.0. The van der Waals surface area contributed by atoms with Crippen molar-refractivity contribution in [2.24, 2.45) is 0 Å². The molecule has 11 aromatic rings. The molecular formula is C58H36O2. The van der Waals surface area contributed by atoms with Crippen LogP contribution in [0.2, 0.25) is 0 Å². The molecule has 60 heavy (non-hydrogen) atoms. The topological polar surface area (TPSA) is 22.4 Å². The van der Waals surface area contributed by atoms with Crippen molar-refractivity contribution in [3.63, 3.8) is 0 Å². The third-order valence-electron chi connectivity index (χ3n) is 13.0. The molecule has 0 fully saturated rings. The molecule has 2 nitrogen and oxygen atoms in total. The molecule has 0 radical (unpaired) electrons. The van der Waals surface area contributed by atoms with E-state index in [0.717, 1.165) is 22.3 Å². The van der Waals surface area contributed by atoms with Gasteiger partial charge in [-0.3, -0.25) is 0 Å². The number of hydrogen-bond donors (Lipinski definition) is 0. The fraction of sp³-hybridized carbons (Fsp3) is 0.0345. The summed E-state index contributed by atoms with van der Waals surface area (Å²) in [5.74, 6) is 1.17. The Morgan fingerprint density at radius 1 is 0.367 bits per heavy atom. The van der Waals surface area contributed by atoms with Crippen LogP contribution in [0.1, 0.15) is 22.6 Å². The van der Waals surface area contributed by atoms with E-state index in [0.29, 0.717) is 0 Å². The first-order valence-electron chi connectivity index (χ1n) is 20.8. The second kappa shape index (κ2) is 12.9. The van der Waals surface area contributed by atoms with E-state index >= 15 is 0 Å². The molecule has 0 bridgehead atoms. The Bertz CT molecular complexity index is 3550. The van der Waals surface area contributed by atoms with E-state index in [2.05, 4.69) is 206 Å². The van der Waals surface area contributed by atoms with Gasteiger partial charge in [0.1, 0.15) is 23.0 Å². The molecule has 10 aromatic carbocycles. The lowest BCUT2D eigenvalue weighted by atomic mass is 9.81. The Morgan fingerprint density at radius 3 is 1.65 bits per heavy atom. The second-order valence-corrected chi connectivity index (χ2v) is 16.3. The van der Waals surface area contributed by atoms with Crippen molar-refractivity contribution in [3.05, 3.63) is 217 Å². The first kappa shape index (κ1) is 33.3. The van der Waals surface area contributed by atoms with Gasteiger partial charge >= 0.3 is 0 Å². The van der Waals surface area contributed by atoms with Crippen molar-refractivity contribution >= 4 is 60.3 Å². The highest BCUT2D eigenvalue weighted by Gasteiger charge is 2.37. The van der Waals surface area contributed by atoms with Crippen molar-refractivity contribution in [3.8, 4) is 50.3 Å². The molecule has 0 amide bonds. The van der Waals surface area contributed by atoms with Crippen LogP contribution < -0.4 is 4.74 Å². The first-order valence-corrected chi connectivity index (χ1v) is 20.8. The highest BCUT2D eigenvalue weighted by molar-refractivity contribution is 6.22. The van der Waals surface area contributed by atoms with Crippen LogP contribution in [0.3, 0.4) is 0 Å². The predicted molar refractivity (Wildman–Crippen MR) is 250 cm³/mol. The lowest BCUT2D eigenvalue weighted by molar-refractivity contribution is 0.267. The van der Waals surface area contributed by atoms with E-state index in [1.54, 1.807) is 0 Å². The molecule has 1 aliphatic heterocycles. The lowest BCUT2D eigenvalue weighted by Gasteiger charge is -2.22. The van der Waals surface area contributed by atoms with E-state index in [1.165, 1.54) is 98.9 Å². The molecular weight excluding hydrogens is 729 g/mol. The fourth-order valence-electron chi connectivity index (χ4n) is 10.3. The summed E-state index contributed by atoms with van der Waals surface area (Å²) in [6, 6.07) is 70.9. The zero-order chi connectivity index (χ0) is 39.3. The molecule has 0 saturated heterocycles. The van der Waals surface area contributed by atoms with Gasteiger partial charge in [0, 0.05) is 16.3 Å². The highest BCUT2D eigenvalue weighted by Crippen LogP contribution is 2.49. The van der Waals surface area contributed by atoms with E-state index in [1.807, 2.05) is 0 Å². The van der Waals surface area contributed by atoms with Crippen LogP contribution in [0, 0.1) is 0 Å². The largest absolute Gasteiger partial charge is 0.485 e. The van der Waals surface area contributed by atoms with Gasteiger partial charge in [0.2, 0.25) is 0 Å². The average molecular weight is 765 g/mol. The normalized spacial score (nSPS) is 15.4. The zero-order valence-electron chi connectivity index (χ0n) is 32.6. The molecule has 2 heteroatoms. The molecule has 13 rings (SSSR count). The summed E-state index contributed by atoms with van der Waals surface area (Å²) in [7, 11) is 0. The number of ether oxygens (including phenoxy) is 1. The van der Waals surface area contributed by atoms with Crippen LogP contribution in [-0.4, -0.2) is 6.10 Å². The zero-order valence-corrected chi connectivity index (χ0v) is 32.6. The number of rotatable bonds is 4. The predicted octanol–water partition coefficient (Wildman–Crippen LogP) is 15.6. The molecule has 2 unspecified atom stereocenters. The molecule has 2 heterocycles. The molecule has 1 aliphatic carbocycles. The van der Waals surface area contributed by atoms with Gasteiger partial charge < -0.3 is 9.15 Å². The fourth-order valence-corrected chi connectivity index (χ4v) is 10.3. The summed E-state index contributed by atoms with van der Waals surface area (Å²) in [6.07, 6.45) is 4.44. The van der Waals surface area contributed by atoms with Gasteiger partial charge in [0.05, 0.1) is 5.92 Å². The summed E-state index contributed by atoms with van der Waals surface area (Å²) in [5.41, 5.74) is 15.3. The lowest BCUT2D eigenvalue weighted by Crippen LogP contribution is -2.20. The summed E-state index contributed by atoms with van der Waals surface area (Å²) in [6.45, 7) is 0. The van der Waals surface area contributed by atoms with Gasteiger partial charge in [0.15, 0.2) is 0 Å². The van der Waals surface area contributed by atoms with Crippen molar-refractivity contribution in [2.45, 2.75) is 12.0 Å². The van der Waals surface area contributed by atoms with E-state index in [-0.39, 0.29) is 12.0 Å². The van der Waals surface area contributed by atoms with Gasteiger partial charge in [0.25, 0.3) is 0 Å². The monoisotopic (exact) mass is 764 g/mol. The van der Waals surface area contributed by atoms with Crippen molar-refractivity contribution in [1.29, 1.82) is 0 Å². The van der Waals surface area contributed by atoms with Crippen molar-refractivity contribution in [1.82, 2.24) is 0 Å². The van der Waals surface area contributed by atoms with Crippen molar-refractivity contribution < 1.29 is 9.15 Å². The maximum absolute atomic E-state index is 6.48. The molecule has 0 N–H and O–H groups in total. The molecule has 2 aliphatic rings. The van der Waals surface area contributed by atoms with Crippen LogP contribution in [0.25, 0.3) is 105 Å². The molecule has 0 saturated carbocycles. The molecule has 280 valence electrons. The van der Waals surface area contributed by atoms with Crippen LogP contribution in [-0.2, 0) is 0 Å². The Morgan fingerprint density at radius 2 is 0.933 bits per heavy atom. The first-order chi connectivity index (χ1) is 29.7. The van der Waals surface area contributed by atoms with E-state index < -0.39 is 0 Å².